The van der Waals surface area contributed by atoms with Crippen LogP contribution in [0.3, 0.4) is 0 Å². The van der Waals surface area contributed by atoms with Crippen molar-refractivity contribution in [3.8, 4) is 11.4 Å². The predicted octanol–water partition coefficient (Wildman–Crippen LogP) is 6.05. The van der Waals surface area contributed by atoms with E-state index >= 15 is 0 Å². The Kier molecular flexibility index (Phi) is 7.36. The lowest BCUT2D eigenvalue weighted by Crippen LogP contribution is -2.40. The molecule has 0 spiro atoms. The third kappa shape index (κ3) is 4.86. The minimum Gasteiger partial charge on any atom is -0.495 e. The fraction of sp³-hybridized carbons (Fsp3) is 0.222. The van der Waals surface area contributed by atoms with Crippen LogP contribution in [-0.4, -0.2) is 34.1 Å². The maximum Gasteiger partial charge on any atom is 0.322 e. The second-order valence-electron chi connectivity index (χ2n) is 7.95. The molecule has 4 aromatic rings. The molecule has 4 rings (SSSR count). The van der Waals surface area contributed by atoms with Crippen LogP contribution in [-0.2, 0) is 0 Å². The van der Waals surface area contributed by atoms with Gasteiger partial charge in [-0.15, -0.1) is 0 Å². The first-order valence-electron chi connectivity index (χ1n) is 11.5. The van der Waals surface area contributed by atoms with Crippen molar-refractivity contribution in [1.82, 2.24) is 14.5 Å². The van der Waals surface area contributed by atoms with E-state index < -0.39 is 6.04 Å². The monoisotopic (exact) mass is 490 g/mol. The van der Waals surface area contributed by atoms with Crippen LogP contribution < -0.4 is 15.6 Å². The normalized spacial score (nSPS) is 11.8. The Bertz CT molecular complexity index is 1400. The number of rotatable bonds is 7. The van der Waals surface area contributed by atoms with Gasteiger partial charge in [0.1, 0.15) is 11.6 Å². The molecular formula is C27H27ClN4O3. The van der Waals surface area contributed by atoms with Gasteiger partial charge in [0.2, 0.25) is 0 Å². The molecule has 0 aliphatic heterocycles. The summed E-state index contributed by atoms with van der Waals surface area (Å²) in [5.41, 5.74) is 1.55. The van der Waals surface area contributed by atoms with Crippen molar-refractivity contribution in [1.29, 1.82) is 0 Å². The number of hydrogen-bond donors (Lipinski definition) is 1. The van der Waals surface area contributed by atoms with Gasteiger partial charge in [-0.25, -0.2) is 9.78 Å². The van der Waals surface area contributed by atoms with Gasteiger partial charge in [0.25, 0.3) is 5.56 Å². The van der Waals surface area contributed by atoms with Gasteiger partial charge in [0, 0.05) is 17.3 Å². The first kappa shape index (κ1) is 24.3. The first-order valence-corrected chi connectivity index (χ1v) is 11.8. The number of benzene rings is 3. The van der Waals surface area contributed by atoms with E-state index in [4.69, 9.17) is 21.3 Å². The molecule has 1 unspecified atom stereocenters. The minimum absolute atomic E-state index is 0.220. The number of nitrogens with zero attached hydrogens (tertiary/aromatic N) is 3. The number of urea groups is 1. The molecule has 0 saturated carbocycles. The van der Waals surface area contributed by atoms with Crippen LogP contribution in [0.15, 0.2) is 77.6 Å². The van der Waals surface area contributed by atoms with Crippen molar-refractivity contribution in [3.05, 3.63) is 94.0 Å². The van der Waals surface area contributed by atoms with Crippen LogP contribution in [0.1, 0.15) is 32.1 Å². The van der Waals surface area contributed by atoms with Gasteiger partial charge in [-0.2, -0.15) is 0 Å². The number of carbonyl (C=O) groups is 1. The zero-order valence-electron chi connectivity index (χ0n) is 19.9. The Morgan fingerprint density at radius 1 is 1.06 bits per heavy atom. The minimum atomic E-state index is -0.477. The summed E-state index contributed by atoms with van der Waals surface area (Å²) >= 11 is 5.98. The SMILES string of the molecule is CCC(c1nc2ccccc2c(=O)n1-c1ccccc1OC)N(CC)C(=O)Nc1ccc(Cl)cc1. The number of aromatic nitrogens is 2. The molecule has 2 amide bonds. The van der Waals surface area contributed by atoms with E-state index in [9.17, 15) is 9.59 Å². The molecule has 0 aliphatic carbocycles. The summed E-state index contributed by atoms with van der Waals surface area (Å²) in [5, 5.41) is 4.00. The molecule has 0 bridgehead atoms. The van der Waals surface area contributed by atoms with Gasteiger partial charge >= 0.3 is 6.03 Å². The summed E-state index contributed by atoms with van der Waals surface area (Å²) in [4.78, 5) is 33.7. The Labute approximate surface area is 208 Å². The Hall–Kier alpha value is -3.84. The number of carbonyl (C=O) groups excluding carboxylic acids is 1. The highest BCUT2D eigenvalue weighted by molar-refractivity contribution is 6.30. The molecule has 35 heavy (non-hydrogen) atoms. The van der Waals surface area contributed by atoms with Crippen LogP contribution in [0.4, 0.5) is 10.5 Å². The summed E-state index contributed by atoms with van der Waals surface area (Å²) in [6.45, 7) is 4.28. The summed E-state index contributed by atoms with van der Waals surface area (Å²) in [6, 6.07) is 20.7. The second kappa shape index (κ2) is 10.6. The second-order valence-corrected chi connectivity index (χ2v) is 8.38. The van der Waals surface area contributed by atoms with E-state index in [-0.39, 0.29) is 11.6 Å². The number of amides is 2. The average molecular weight is 491 g/mol. The molecule has 3 aromatic carbocycles. The highest BCUT2D eigenvalue weighted by atomic mass is 35.5. The van der Waals surface area contributed by atoms with Crippen molar-refractivity contribution in [2.75, 3.05) is 19.0 Å². The van der Waals surface area contributed by atoms with Gasteiger partial charge in [0.15, 0.2) is 0 Å². The fourth-order valence-corrected chi connectivity index (χ4v) is 4.32. The van der Waals surface area contributed by atoms with Crippen LogP contribution in [0, 0.1) is 0 Å². The number of anilines is 1. The zero-order chi connectivity index (χ0) is 24.9. The Morgan fingerprint density at radius 3 is 2.43 bits per heavy atom. The molecule has 180 valence electrons. The maximum absolute atomic E-state index is 13.8. The lowest BCUT2D eigenvalue weighted by molar-refractivity contribution is 0.185. The van der Waals surface area contributed by atoms with Crippen LogP contribution >= 0.6 is 11.6 Å². The highest BCUT2D eigenvalue weighted by Crippen LogP contribution is 2.30. The van der Waals surface area contributed by atoms with Crippen molar-refractivity contribution in [3.63, 3.8) is 0 Å². The lowest BCUT2D eigenvalue weighted by Gasteiger charge is -2.31. The predicted molar refractivity (Wildman–Crippen MR) is 140 cm³/mol. The third-order valence-electron chi connectivity index (χ3n) is 5.89. The number of halogens is 1. The molecule has 7 nitrogen and oxygen atoms in total. The molecule has 1 heterocycles. The average Bonchev–Trinajstić information content (AvgIpc) is 2.88. The van der Waals surface area contributed by atoms with Gasteiger partial charge in [-0.1, -0.05) is 42.8 Å². The fourth-order valence-electron chi connectivity index (χ4n) is 4.20. The van der Waals surface area contributed by atoms with Crippen LogP contribution in [0.25, 0.3) is 16.6 Å². The molecule has 1 N–H and O–H groups in total. The molecule has 0 radical (unpaired) electrons. The highest BCUT2D eigenvalue weighted by Gasteiger charge is 2.29. The molecule has 8 heteroatoms. The number of hydrogen-bond acceptors (Lipinski definition) is 4. The Morgan fingerprint density at radius 2 is 1.74 bits per heavy atom. The van der Waals surface area contributed by atoms with Crippen molar-refractivity contribution >= 4 is 34.2 Å². The molecule has 1 aromatic heterocycles. The van der Waals surface area contributed by atoms with E-state index in [2.05, 4.69) is 5.32 Å². The van der Waals surface area contributed by atoms with Crippen LogP contribution in [0.2, 0.25) is 5.02 Å². The van der Waals surface area contributed by atoms with Gasteiger partial charge in [-0.05, 0) is 61.9 Å². The number of ether oxygens (including phenoxy) is 1. The standard InChI is InChI=1S/C27H27ClN4O3/c1-4-22(31(5-2)27(34)29-19-16-14-18(28)15-17-19)25-30-21-11-7-6-10-20(21)26(33)32(25)23-12-8-9-13-24(23)35-3/h6-17,22H,4-5H2,1-3H3,(H,29,34). The number of methoxy groups -OCH3 is 1. The third-order valence-corrected chi connectivity index (χ3v) is 6.14. The molecule has 0 fully saturated rings. The van der Waals surface area contributed by atoms with Gasteiger partial charge in [-0.3, -0.25) is 9.36 Å². The maximum atomic E-state index is 13.8. The van der Waals surface area contributed by atoms with E-state index in [1.54, 1.807) is 53.0 Å². The topological polar surface area (TPSA) is 76.5 Å². The Balaban J connectivity index is 1.87. The summed E-state index contributed by atoms with van der Waals surface area (Å²) < 4.78 is 7.13. The largest absolute Gasteiger partial charge is 0.495 e. The quantitative estimate of drug-likeness (QED) is 0.342. The summed E-state index contributed by atoms with van der Waals surface area (Å²) in [6.07, 6.45) is 0.543. The zero-order valence-corrected chi connectivity index (χ0v) is 20.6. The molecular weight excluding hydrogens is 464 g/mol. The van der Waals surface area contributed by atoms with E-state index in [0.29, 0.717) is 51.8 Å². The number of fused-ring (bicyclic) bond motifs is 1. The number of para-hydroxylation sites is 3. The van der Waals surface area contributed by atoms with Crippen molar-refractivity contribution < 1.29 is 9.53 Å². The first-order chi connectivity index (χ1) is 17.0. The molecule has 0 aliphatic rings. The molecule has 0 saturated heterocycles. The van der Waals surface area contributed by atoms with Gasteiger partial charge < -0.3 is 15.0 Å². The van der Waals surface area contributed by atoms with E-state index in [1.165, 1.54) is 0 Å². The van der Waals surface area contributed by atoms with Crippen LogP contribution in [0.5, 0.6) is 5.75 Å². The van der Waals surface area contributed by atoms with Crippen molar-refractivity contribution in [2.45, 2.75) is 26.3 Å². The van der Waals surface area contributed by atoms with Gasteiger partial charge in [0.05, 0.1) is 29.7 Å². The summed E-state index contributed by atoms with van der Waals surface area (Å²) in [5.74, 6) is 1.00. The lowest BCUT2D eigenvalue weighted by atomic mass is 10.1. The van der Waals surface area contributed by atoms with E-state index in [1.807, 2.05) is 50.2 Å². The molecule has 1 atom stereocenters. The summed E-state index contributed by atoms with van der Waals surface area (Å²) in [7, 11) is 1.56. The number of nitrogens with one attached hydrogen (secondary N) is 1. The van der Waals surface area contributed by atoms with Crippen molar-refractivity contribution in [2.24, 2.45) is 0 Å². The smallest absolute Gasteiger partial charge is 0.322 e. The van der Waals surface area contributed by atoms with E-state index in [0.717, 1.165) is 0 Å².